The lowest BCUT2D eigenvalue weighted by molar-refractivity contribution is 0.203. The van der Waals surface area contributed by atoms with Crippen LogP contribution in [-0.2, 0) is 11.3 Å². The minimum absolute atomic E-state index is 0.492. The molecule has 1 aromatic rings. The van der Waals surface area contributed by atoms with E-state index < -0.39 is 0 Å². The normalized spacial score (nSPS) is 12.7. The molecule has 1 atom stereocenters. The van der Waals surface area contributed by atoms with Crippen LogP contribution in [0.1, 0.15) is 39.7 Å². The summed E-state index contributed by atoms with van der Waals surface area (Å²) in [5, 5.41) is 3.51. The molecule has 0 amide bonds. The molecule has 0 saturated carbocycles. The van der Waals surface area contributed by atoms with Crippen LogP contribution in [0.2, 0.25) is 0 Å². The molecule has 0 aliphatic rings. The lowest BCUT2D eigenvalue weighted by Gasteiger charge is -2.32. The number of methoxy groups -OCH3 is 1. The number of hydrogen-bond donors (Lipinski definition) is 1. The lowest BCUT2D eigenvalue weighted by atomic mass is 10.1. The van der Waals surface area contributed by atoms with E-state index in [9.17, 15) is 0 Å². The van der Waals surface area contributed by atoms with Gasteiger partial charge in [0, 0.05) is 49.9 Å². The van der Waals surface area contributed by atoms with E-state index in [1.807, 2.05) is 12.4 Å². The maximum absolute atomic E-state index is 5.27. The highest BCUT2D eigenvalue weighted by Crippen LogP contribution is 2.22. The molecule has 0 aliphatic carbocycles. The number of hydrogen-bond acceptors (Lipinski definition) is 4. The zero-order valence-corrected chi connectivity index (χ0v) is 14.2. The van der Waals surface area contributed by atoms with Gasteiger partial charge in [-0.15, -0.1) is 0 Å². The van der Waals surface area contributed by atoms with Gasteiger partial charge < -0.3 is 15.0 Å². The van der Waals surface area contributed by atoms with Gasteiger partial charge in [0.05, 0.1) is 6.61 Å². The van der Waals surface area contributed by atoms with Crippen molar-refractivity contribution in [1.82, 2.24) is 10.3 Å². The van der Waals surface area contributed by atoms with Crippen molar-refractivity contribution in [2.45, 2.75) is 46.7 Å². The number of anilines is 1. The van der Waals surface area contributed by atoms with E-state index in [1.54, 1.807) is 7.11 Å². The smallest absolute Gasteiger partial charge is 0.0637 e. The Morgan fingerprint density at radius 2 is 2.10 bits per heavy atom. The number of pyridine rings is 1. The Bertz CT molecular complexity index is 395. The fourth-order valence-corrected chi connectivity index (χ4v) is 2.32. The zero-order chi connectivity index (χ0) is 15.7. The SMILES string of the molecule is CCC(C)N(CCOC)c1ccncc1CNCC(C)C. The molecule has 120 valence electrons. The van der Waals surface area contributed by atoms with Crippen molar-refractivity contribution in [1.29, 1.82) is 0 Å². The van der Waals surface area contributed by atoms with E-state index in [0.29, 0.717) is 12.0 Å². The molecule has 0 fully saturated rings. The van der Waals surface area contributed by atoms with E-state index >= 15 is 0 Å². The largest absolute Gasteiger partial charge is 0.383 e. The lowest BCUT2D eigenvalue weighted by Crippen LogP contribution is -2.36. The average molecular weight is 293 g/mol. The Balaban J connectivity index is 2.85. The average Bonchev–Trinajstić information content (AvgIpc) is 2.48. The monoisotopic (exact) mass is 293 g/mol. The number of nitrogens with one attached hydrogen (secondary N) is 1. The topological polar surface area (TPSA) is 37.4 Å². The molecule has 1 aromatic heterocycles. The van der Waals surface area contributed by atoms with E-state index in [2.05, 4.69) is 49.0 Å². The van der Waals surface area contributed by atoms with Crippen molar-refractivity contribution in [3.63, 3.8) is 0 Å². The predicted octanol–water partition coefficient (Wildman–Crippen LogP) is 3.08. The van der Waals surface area contributed by atoms with E-state index in [-0.39, 0.29) is 0 Å². The van der Waals surface area contributed by atoms with E-state index in [1.165, 1.54) is 11.3 Å². The van der Waals surface area contributed by atoms with Crippen molar-refractivity contribution < 1.29 is 4.74 Å². The summed E-state index contributed by atoms with van der Waals surface area (Å²) in [6, 6.07) is 2.61. The summed E-state index contributed by atoms with van der Waals surface area (Å²) in [6.07, 6.45) is 4.97. The van der Waals surface area contributed by atoms with Gasteiger partial charge in [0.15, 0.2) is 0 Å². The van der Waals surface area contributed by atoms with Gasteiger partial charge >= 0.3 is 0 Å². The Labute approximate surface area is 129 Å². The fourth-order valence-electron chi connectivity index (χ4n) is 2.32. The number of nitrogens with zero attached hydrogens (tertiary/aromatic N) is 2. The van der Waals surface area contributed by atoms with Crippen LogP contribution in [-0.4, -0.2) is 37.8 Å². The molecule has 0 saturated heterocycles. The molecule has 0 aliphatic heterocycles. The van der Waals surface area contributed by atoms with Crippen LogP contribution in [0.15, 0.2) is 18.5 Å². The molecule has 1 rings (SSSR count). The van der Waals surface area contributed by atoms with Crippen LogP contribution in [0.5, 0.6) is 0 Å². The number of aromatic nitrogens is 1. The molecule has 0 aromatic carbocycles. The van der Waals surface area contributed by atoms with Gasteiger partial charge in [-0.25, -0.2) is 0 Å². The summed E-state index contributed by atoms with van der Waals surface area (Å²) in [4.78, 5) is 6.72. The molecule has 21 heavy (non-hydrogen) atoms. The predicted molar refractivity (Wildman–Crippen MR) is 89.8 cm³/mol. The second-order valence-electron chi connectivity index (χ2n) is 5.97. The summed E-state index contributed by atoms with van der Waals surface area (Å²) in [5.74, 6) is 0.657. The first-order valence-corrected chi connectivity index (χ1v) is 7.99. The van der Waals surface area contributed by atoms with Crippen molar-refractivity contribution in [2.75, 3.05) is 31.7 Å². The second-order valence-corrected chi connectivity index (χ2v) is 5.97. The third-order valence-electron chi connectivity index (χ3n) is 3.71. The highest BCUT2D eigenvalue weighted by molar-refractivity contribution is 5.53. The molecule has 1 N–H and O–H groups in total. The van der Waals surface area contributed by atoms with E-state index in [4.69, 9.17) is 4.74 Å². The quantitative estimate of drug-likeness (QED) is 0.719. The van der Waals surface area contributed by atoms with Gasteiger partial charge in [0.25, 0.3) is 0 Å². The first kappa shape index (κ1) is 17.9. The van der Waals surface area contributed by atoms with Crippen molar-refractivity contribution in [3.8, 4) is 0 Å². The van der Waals surface area contributed by atoms with Gasteiger partial charge in [-0.2, -0.15) is 0 Å². The zero-order valence-electron chi connectivity index (χ0n) is 14.2. The molecule has 0 bridgehead atoms. The molecule has 4 nitrogen and oxygen atoms in total. The van der Waals surface area contributed by atoms with Crippen LogP contribution in [0, 0.1) is 5.92 Å². The van der Waals surface area contributed by atoms with Crippen LogP contribution in [0.4, 0.5) is 5.69 Å². The molecule has 0 radical (unpaired) electrons. The van der Waals surface area contributed by atoms with Gasteiger partial charge in [0.1, 0.15) is 0 Å². The fraction of sp³-hybridized carbons (Fsp3) is 0.706. The summed E-state index contributed by atoms with van der Waals surface area (Å²) < 4.78 is 5.27. The van der Waals surface area contributed by atoms with Gasteiger partial charge in [-0.3, -0.25) is 4.98 Å². The summed E-state index contributed by atoms with van der Waals surface area (Å²) in [7, 11) is 1.76. The molecule has 1 heterocycles. The minimum Gasteiger partial charge on any atom is -0.383 e. The molecule has 0 spiro atoms. The van der Waals surface area contributed by atoms with Crippen molar-refractivity contribution in [2.24, 2.45) is 5.92 Å². The van der Waals surface area contributed by atoms with Crippen LogP contribution in [0.25, 0.3) is 0 Å². The molecular weight excluding hydrogens is 262 g/mol. The van der Waals surface area contributed by atoms with Crippen LogP contribution < -0.4 is 10.2 Å². The Morgan fingerprint density at radius 3 is 2.71 bits per heavy atom. The van der Waals surface area contributed by atoms with Crippen LogP contribution in [0.3, 0.4) is 0 Å². The van der Waals surface area contributed by atoms with Gasteiger partial charge in [-0.05, 0) is 31.9 Å². The van der Waals surface area contributed by atoms with Gasteiger partial charge in [0.2, 0.25) is 0 Å². The molecular formula is C17H31N3O. The minimum atomic E-state index is 0.492. The van der Waals surface area contributed by atoms with Crippen LogP contribution >= 0.6 is 0 Å². The van der Waals surface area contributed by atoms with E-state index in [0.717, 1.165) is 32.7 Å². The number of ether oxygens (including phenoxy) is 1. The summed E-state index contributed by atoms with van der Waals surface area (Å²) in [6.45, 7) is 12.5. The van der Waals surface area contributed by atoms with Crippen molar-refractivity contribution >= 4 is 5.69 Å². The maximum atomic E-state index is 5.27. The Kier molecular flexibility index (Phi) is 8.31. The Morgan fingerprint density at radius 1 is 1.33 bits per heavy atom. The Hall–Kier alpha value is -1.13. The first-order valence-electron chi connectivity index (χ1n) is 7.99. The number of rotatable bonds is 10. The second kappa shape index (κ2) is 9.74. The highest BCUT2D eigenvalue weighted by atomic mass is 16.5. The highest BCUT2D eigenvalue weighted by Gasteiger charge is 2.16. The molecule has 4 heteroatoms. The summed E-state index contributed by atoms with van der Waals surface area (Å²) in [5.41, 5.74) is 2.53. The third-order valence-corrected chi connectivity index (χ3v) is 3.71. The maximum Gasteiger partial charge on any atom is 0.0637 e. The molecule has 1 unspecified atom stereocenters. The summed E-state index contributed by atoms with van der Waals surface area (Å²) >= 11 is 0. The first-order chi connectivity index (χ1) is 10.1. The van der Waals surface area contributed by atoms with Gasteiger partial charge in [-0.1, -0.05) is 20.8 Å². The standard InChI is InChI=1S/C17H31N3O/c1-6-15(4)20(9-10-21-5)17-7-8-18-12-16(17)13-19-11-14(2)3/h7-8,12,14-15,19H,6,9-11,13H2,1-5H3. The van der Waals surface area contributed by atoms with Crippen molar-refractivity contribution in [3.05, 3.63) is 24.0 Å². The third kappa shape index (κ3) is 6.02.